The minimum Gasteiger partial charge on any atom is -0.352 e. The third-order valence-corrected chi connectivity index (χ3v) is 6.11. The Kier molecular flexibility index (Phi) is 6.69. The minimum absolute atomic E-state index is 0.0751. The Hall–Kier alpha value is -2.67. The van der Waals surface area contributed by atoms with Crippen LogP contribution in [0.15, 0.2) is 34.4 Å². The normalized spacial score (nSPS) is 11.0. The van der Waals surface area contributed by atoms with E-state index in [2.05, 4.69) is 31.3 Å². The van der Waals surface area contributed by atoms with Crippen molar-refractivity contribution in [3.05, 3.63) is 56.7 Å². The number of amides is 1. The van der Waals surface area contributed by atoms with E-state index in [1.807, 2.05) is 36.3 Å². The maximum absolute atomic E-state index is 13.0. The molecule has 2 aromatic heterocycles. The number of hydrogen-bond acceptors (Lipinski definition) is 5. The van der Waals surface area contributed by atoms with Gasteiger partial charge in [-0.2, -0.15) is 0 Å². The number of rotatable bonds is 8. The fraction of sp³-hybridized carbons (Fsp3) is 0.409. The molecule has 1 amide bonds. The number of carbonyl (C=O) groups is 1. The zero-order valence-corrected chi connectivity index (χ0v) is 18.3. The van der Waals surface area contributed by atoms with Crippen LogP contribution in [0.25, 0.3) is 10.2 Å². The molecular formula is C22H28N4O2S. The summed E-state index contributed by atoms with van der Waals surface area (Å²) < 4.78 is 2.28. The second kappa shape index (κ2) is 9.22. The molecule has 0 atom stereocenters. The van der Waals surface area contributed by atoms with Crippen molar-refractivity contribution in [3.63, 3.8) is 0 Å². The number of nitrogens with zero attached hydrogens (tertiary/aromatic N) is 3. The standard InChI is InChI=1S/C22H28N4O2S/c1-5-25(6-2)22-24-18-10-12-29-20(18)21(28)26(22)11-9-19(27)23-14-17-8-7-15(3)16(4)13-17/h7-8,10,12-13H,5-6,9,11,14H2,1-4H3,(H,23,27). The SMILES string of the molecule is CCN(CC)c1nc2ccsc2c(=O)n1CCC(=O)NCc1ccc(C)c(C)c1. The Balaban J connectivity index is 1.74. The van der Waals surface area contributed by atoms with Gasteiger partial charge in [0, 0.05) is 32.6 Å². The van der Waals surface area contributed by atoms with Crippen LogP contribution in [0, 0.1) is 13.8 Å². The van der Waals surface area contributed by atoms with Crippen LogP contribution < -0.4 is 15.8 Å². The fourth-order valence-corrected chi connectivity index (χ4v) is 4.08. The van der Waals surface area contributed by atoms with E-state index in [4.69, 9.17) is 4.98 Å². The molecule has 0 aliphatic carbocycles. The van der Waals surface area contributed by atoms with E-state index in [0.29, 0.717) is 23.7 Å². The van der Waals surface area contributed by atoms with E-state index in [-0.39, 0.29) is 17.9 Å². The first kappa shape index (κ1) is 21.0. The first-order valence-corrected chi connectivity index (χ1v) is 10.9. The molecule has 0 aliphatic heterocycles. The lowest BCUT2D eigenvalue weighted by atomic mass is 10.1. The summed E-state index contributed by atoms with van der Waals surface area (Å²) in [5, 5.41) is 4.84. The number of carbonyl (C=O) groups excluding carboxylic acids is 1. The fourth-order valence-electron chi connectivity index (χ4n) is 3.30. The van der Waals surface area contributed by atoms with Crippen molar-refractivity contribution < 1.29 is 4.79 Å². The summed E-state index contributed by atoms with van der Waals surface area (Å²) in [5.74, 6) is 0.555. The van der Waals surface area contributed by atoms with Gasteiger partial charge in [-0.1, -0.05) is 18.2 Å². The number of aryl methyl sites for hydroxylation is 2. The van der Waals surface area contributed by atoms with E-state index in [1.54, 1.807) is 4.57 Å². The molecule has 3 rings (SSSR count). The highest BCUT2D eigenvalue weighted by molar-refractivity contribution is 7.17. The van der Waals surface area contributed by atoms with Crippen LogP contribution in [0.3, 0.4) is 0 Å². The summed E-state index contributed by atoms with van der Waals surface area (Å²) in [6.45, 7) is 10.5. The largest absolute Gasteiger partial charge is 0.352 e. The monoisotopic (exact) mass is 412 g/mol. The second-order valence-corrected chi connectivity index (χ2v) is 8.04. The average molecular weight is 413 g/mol. The summed E-state index contributed by atoms with van der Waals surface area (Å²) in [7, 11) is 0. The highest BCUT2D eigenvalue weighted by Crippen LogP contribution is 2.19. The molecule has 0 radical (unpaired) electrons. The number of fused-ring (bicyclic) bond motifs is 1. The molecule has 2 heterocycles. The zero-order valence-electron chi connectivity index (χ0n) is 17.5. The summed E-state index contributed by atoms with van der Waals surface area (Å²) in [5.41, 5.74) is 4.16. The van der Waals surface area contributed by atoms with Gasteiger partial charge in [0.25, 0.3) is 5.56 Å². The van der Waals surface area contributed by atoms with Crippen molar-refractivity contribution in [1.29, 1.82) is 0 Å². The van der Waals surface area contributed by atoms with Gasteiger partial charge >= 0.3 is 0 Å². The Morgan fingerprint density at radius 1 is 1.17 bits per heavy atom. The molecule has 6 nitrogen and oxygen atoms in total. The van der Waals surface area contributed by atoms with Crippen molar-refractivity contribution >= 4 is 33.4 Å². The first-order valence-electron chi connectivity index (χ1n) is 10.00. The second-order valence-electron chi connectivity index (χ2n) is 7.12. The molecule has 0 saturated heterocycles. The van der Waals surface area contributed by atoms with Gasteiger partial charge in [0.15, 0.2) is 0 Å². The highest BCUT2D eigenvalue weighted by atomic mass is 32.1. The summed E-state index contributed by atoms with van der Waals surface area (Å²) in [6, 6.07) is 8.05. The number of hydrogen-bond donors (Lipinski definition) is 1. The van der Waals surface area contributed by atoms with Crippen molar-refractivity contribution in [2.24, 2.45) is 0 Å². The molecule has 1 N–H and O–H groups in total. The predicted molar refractivity (Wildman–Crippen MR) is 120 cm³/mol. The van der Waals surface area contributed by atoms with Crippen LogP contribution in [0.1, 0.15) is 37.0 Å². The van der Waals surface area contributed by atoms with E-state index < -0.39 is 0 Å². The molecule has 154 valence electrons. The quantitative estimate of drug-likeness (QED) is 0.614. The molecule has 0 spiro atoms. The Morgan fingerprint density at radius 2 is 1.93 bits per heavy atom. The van der Waals surface area contributed by atoms with E-state index in [9.17, 15) is 9.59 Å². The Labute approximate surface area is 175 Å². The molecule has 29 heavy (non-hydrogen) atoms. The third-order valence-electron chi connectivity index (χ3n) is 5.22. The lowest BCUT2D eigenvalue weighted by Gasteiger charge is -2.23. The number of benzene rings is 1. The molecule has 3 aromatic rings. The van der Waals surface area contributed by atoms with Crippen LogP contribution in [0.5, 0.6) is 0 Å². The van der Waals surface area contributed by atoms with Gasteiger partial charge in [0.05, 0.1) is 5.52 Å². The highest BCUT2D eigenvalue weighted by Gasteiger charge is 2.16. The summed E-state index contributed by atoms with van der Waals surface area (Å²) in [6.07, 6.45) is 0.234. The van der Waals surface area contributed by atoms with Crippen molar-refractivity contribution in [2.75, 3.05) is 18.0 Å². The summed E-state index contributed by atoms with van der Waals surface area (Å²) in [4.78, 5) is 32.2. The Morgan fingerprint density at radius 3 is 2.62 bits per heavy atom. The van der Waals surface area contributed by atoms with Crippen molar-refractivity contribution in [2.45, 2.75) is 47.2 Å². The minimum atomic E-state index is -0.0769. The molecule has 0 fully saturated rings. The van der Waals surface area contributed by atoms with Crippen LogP contribution in [0.4, 0.5) is 5.95 Å². The van der Waals surface area contributed by atoms with Gasteiger partial charge in [0.1, 0.15) is 4.70 Å². The summed E-state index contributed by atoms with van der Waals surface area (Å²) >= 11 is 1.39. The molecule has 0 bridgehead atoms. The van der Waals surface area contributed by atoms with Gasteiger partial charge in [-0.25, -0.2) is 4.98 Å². The van der Waals surface area contributed by atoms with Crippen LogP contribution in [-0.4, -0.2) is 28.5 Å². The van der Waals surface area contributed by atoms with Crippen LogP contribution in [-0.2, 0) is 17.9 Å². The number of aromatic nitrogens is 2. The van der Waals surface area contributed by atoms with E-state index >= 15 is 0 Å². The number of thiophene rings is 1. The number of nitrogens with one attached hydrogen (secondary N) is 1. The molecule has 0 saturated carbocycles. The first-order chi connectivity index (χ1) is 13.9. The Bertz CT molecular complexity index is 1070. The van der Waals surface area contributed by atoms with Crippen molar-refractivity contribution in [3.8, 4) is 0 Å². The lowest BCUT2D eigenvalue weighted by molar-refractivity contribution is -0.121. The number of anilines is 1. The average Bonchev–Trinajstić information content (AvgIpc) is 3.18. The van der Waals surface area contributed by atoms with Crippen molar-refractivity contribution in [1.82, 2.24) is 14.9 Å². The maximum atomic E-state index is 13.0. The van der Waals surface area contributed by atoms with E-state index in [1.165, 1.54) is 22.5 Å². The van der Waals surface area contributed by atoms with Gasteiger partial charge in [0.2, 0.25) is 11.9 Å². The molecule has 1 aromatic carbocycles. The van der Waals surface area contributed by atoms with Gasteiger partial charge in [-0.15, -0.1) is 11.3 Å². The molecule has 0 aliphatic rings. The van der Waals surface area contributed by atoms with E-state index in [0.717, 1.165) is 24.2 Å². The van der Waals surface area contributed by atoms with Crippen LogP contribution >= 0.6 is 11.3 Å². The topological polar surface area (TPSA) is 67.2 Å². The van der Waals surface area contributed by atoms with Gasteiger partial charge < -0.3 is 10.2 Å². The van der Waals surface area contributed by atoms with Gasteiger partial charge in [-0.05, 0) is 55.8 Å². The lowest BCUT2D eigenvalue weighted by Crippen LogP contribution is -2.34. The molecule has 7 heteroatoms. The van der Waals surface area contributed by atoms with Crippen LogP contribution in [0.2, 0.25) is 0 Å². The van der Waals surface area contributed by atoms with Gasteiger partial charge in [-0.3, -0.25) is 14.2 Å². The smallest absolute Gasteiger partial charge is 0.272 e. The third kappa shape index (κ3) is 4.67. The molecular weight excluding hydrogens is 384 g/mol. The molecule has 0 unspecified atom stereocenters. The predicted octanol–water partition coefficient (Wildman–Crippen LogP) is 3.63. The zero-order chi connectivity index (χ0) is 21.0. The maximum Gasteiger partial charge on any atom is 0.272 e.